The standard InChI is InChI=1S/C25H29N3O6/c1-25(2,3)34-24(33)26-21(23(31)32)16-18(22(29)30)9-7-8-17-12-14-20(15-13-17)28-27-19-10-5-4-6-11-19/h4-8,10-15,18,21H,9,16H2,1-3H3,(H,26,33)(H,29,30)(H,31,32)/t18?,21-/m0/s1. The first kappa shape index (κ1) is 26.2. The van der Waals surface area contributed by atoms with E-state index in [0.29, 0.717) is 5.69 Å². The molecular weight excluding hydrogens is 438 g/mol. The van der Waals surface area contributed by atoms with Crippen LogP contribution in [-0.2, 0) is 14.3 Å². The number of hydrogen-bond donors (Lipinski definition) is 3. The molecule has 0 saturated carbocycles. The third kappa shape index (κ3) is 9.64. The molecule has 0 bridgehead atoms. The third-order valence-corrected chi connectivity index (χ3v) is 4.52. The average molecular weight is 468 g/mol. The minimum absolute atomic E-state index is 0.0879. The van der Waals surface area contributed by atoms with Gasteiger partial charge in [-0.3, -0.25) is 4.79 Å². The lowest BCUT2D eigenvalue weighted by Crippen LogP contribution is -2.45. The number of carbonyl (C=O) groups is 3. The third-order valence-electron chi connectivity index (χ3n) is 4.52. The van der Waals surface area contributed by atoms with Gasteiger partial charge in [0.1, 0.15) is 11.6 Å². The van der Waals surface area contributed by atoms with Gasteiger partial charge in [-0.15, -0.1) is 0 Å². The molecule has 180 valence electrons. The van der Waals surface area contributed by atoms with Crippen LogP contribution in [0.1, 0.15) is 39.2 Å². The fourth-order valence-corrected chi connectivity index (χ4v) is 2.88. The Kier molecular flexibility index (Phi) is 9.49. The Hall–Kier alpha value is -4.01. The molecule has 0 spiro atoms. The summed E-state index contributed by atoms with van der Waals surface area (Å²) in [5.74, 6) is -3.49. The van der Waals surface area contributed by atoms with Crippen LogP contribution in [0.15, 0.2) is 70.9 Å². The minimum Gasteiger partial charge on any atom is -0.481 e. The number of carboxylic acid groups (broad SMARTS) is 2. The first-order valence-electron chi connectivity index (χ1n) is 10.7. The van der Waals surface area contributed by atoms with Crippen LogP contribution in [0.5, 0.6) is 0 Å². The summed E-state index contributed by atoms with van der Waals surface area (Å²) in [6.07, 6.45) is 2.29. The second-order valence-corrected chi connectivity index (χ2v) is 8.57. The molecular formula is C25H29N3O6. The van der Waals surface area contributed by atoms with Gasteiger partial charge in [0.15, 0.2) is 0 Å². The normalized spacial score (nSPS) is 13.5. The first-order chi connectivity index (χ1) is 16.0. The summed E-state index contributed by atoms with van der Waals surface area (Å²) in [6.45, 7) is 4.93. The molecule has 0 aliphatic rings. The number of azo groups is 1. The predicted octanol–water partition coefficient (Wildman–Crippen LogP) is 5.57. The zero-order valence-corrected chi connectivity index (χ0v) is 19.3. The Labute approximate surface area is 198 Å². The Morgan fingerprint density at radius 1 is 0.941 bits per heavy atom. The van der Waals surface area contributed by atoms with Crippen molar-refractivity contribution < 1.29 is 29.3 Å². The number of aliphatic carboxylic acids is 2. The molecule has 1 unspecified atom stereocenters. The lowest BCUT2D eigenvalue weighted by atomic mass is 9.96. The second kappa shape index (κ2) is 12.3. The van der Waals surface area contributed by atoms with Crippen molar-refractivity contribution in [1.29, 1.82) is 0 Å². The largest absolute Gasteiger partial charge is 0.481 e. The summed E-state index contributed by atoms with van der Waals surface area (Å²) in [4.78, 5) is 35.1. The second-order valence-electron chi connectivity index (χ2n) is 8.57. The maximum absolute atomic E-state index is 11.9. The summed E-state index contributed by atoms with van der Waals surface area (Å²) < 4.78 is 5.06. The molecule has 0 aliphatic carbocycles. The number of nitrogens with one attached hydrogen (secondary N) is 1. The topological polar surface area (TPSA) is 138 Å². The molecule has 1 amide bonds. The lowest BCUT2D eigenvalue weighted by Gasteiger charge is -2.23. The van der Waals surface area contributed by atoms with Gasteiger partial charge in [0.25, 0.3) is 0 Å². The summed E-state index contributed by atoms with van der Waals surface area (Å²) in [6, 6.07) is 15.1. The van der Waals surface area contributed by atoms with Crippen LogP contribution >= 0.6 is 0 Å². The van der Waals surface area contributed by atoms with E-state index in [0.717, 1.165) is 11.3 Å². The van der Waals surface area contributed by atoms with Crippen molar-refractivity contribution in [3.8, 4) is 0 Å². The molecule has 2 rings (SSSR count). The van der Waals surface area contributed by atoms with Crippen LogP contribution < -0.4 is 5.32 Å². The maximum atomic E-state index is 11.9. The van der Waals surface area contributed by atoms with Crippen LogP contribution in [0.2, 0.25) is 0 Å². The molecule has 0 fully saturated rings. The van der Waals surface area contributed by atoms with Crippen molar-refractivity contribution in [2.75, 3.05) is 0 Å². The number of benzene rings is 2. The zero-order chi connectivity index (χ0) is 25.1. The highest BCUT2D eigenvalue weighted by atomic mass is 16.6. The van der Waals surface area contributed by atoms with Gasteiger partial charge in [-0.1, -0.05) is 42.5 Å². The smallest absolute Gasteiger partial charge is 0.408 e. The molecule has 0 radical (unpaired) electrons. The molecule has 2 atom stereocenters. The molecule has 2 aromatic rings. The number of amides is 1. The minimum atomic E-state index is -1.39. The Balaban J connectivity index is 1.96. The van der Waals surface area contributed by atoms with Crippen LogP contribution in [0.25, 0.3) is 6.08 Å². The first-order valence-corrected chi connectivity index (χ1v) is 10.7. The van der Waals surface area contributed by atoms with Gasteiger partial charge in [-0.05, 0) is 63.4 Å². The van der Waals surface area contributed by atoms with E-state index < -0.39 is 35.6 Å². The van der Waals surface area contributed by atoms with Crippen molar-refractivity contribution in [1.82, 2.24) is 5.32 Å². The van der Waals surface area contributed by atoms with E-state index >= 15 is 0 Å². The molecule has 9 heteroatoms. The van der Waals surface area contributed by atoms with Crippen molar-refractivity contribution in [2.45, 2.75) is 45.3 Å². The average Bonchev–Trinajstić information content (AvgIpc) is 2.76. The Morgan fingerprint density at radius 3 is 2.06 bits per heavy atom. The van der Waals surface area contributed by atoms with Crippen LogP contribution in [0.3, 0.4) is 0 Å². The summed E-state index contributed by atoms with van der Waals surface area (Å²) in [7, 11) is 0. The lowest BCUT2D eigenvalue weighted by molar-refractivity contribution is -0.144. The van der Waals surface area contributed by atoms with Gasteiger partial charge < -0.3 is 20.3 Å². The maximum Gasteiger partial charge on any atom is 0.408 e. The number of alkyl carbamates (subject to hydrolysis) is 1. The van der Waals surface area contributed by atoms with E-state index in [1.807, 2.05) is 42.5 Å². The highest BCUT2D eigenvalue weighted by Gasteiger charge is 2.29. The molecule has 3 N–H and O–H groups in total. The van der Waals surface area contributed by atoms with Gasteiger partial charge >= 0.3 is 18.0 Å². The predicted molar refractivity (Wildman–Crippen MR) is 127 cm³/mol. The van der Waals surface area contributed by atoms with Crippen molar-refractivity contribution in [3.05, 3.63) is 66.2 Å². The van der Waals surface area contributed by atoms with Crippen molar-refractivity contribution >= 4 is 35.5 Å². The molecule has 0 aromatic heterocycles. The van der Waals surface area contributed by atoms with Gasteiger partial charge in [0, 0.05) is 0 Å². The molecule has 2 aromatic carbocycles. The number of carboxylic acids is 2. The number of nitrogens with zero attached hydrogens (tertiary/aromatic N) is 2. The van der Waals surface area contributed by atoms with Crippen molar-refractivity contribution in [3.63, 3.8) is 0 Å². The van der Waals surface area contributed by atoms with E-state index in [1.165, 1.54) is 0 Å². The number of carbonyl (C=O) groups excluding carboxylic acids is 1. The fraction of sp³-hybridized carbons (Fsp3) is 0.320. The van der Waals surface area contributed by atoms with Gasteiger partial charge in [0.05, 0.1) is 17.3 Å². The summed E-state index contributed by atoms with van der Waals surface area (Å²) in [5, 5.41) is 29.5. The molecule has 34 heavy (non-hydrogen) atoms. The molecule has 0 heterocycles. The highest BCUT2D eigenvalue weighted by molar-refractivity contribution is 5.81. The van der Waals surface area contributed by atoms with Gasteiger partial charge in [0.2, 0.25) is 0 Å². The van der Waals surface area contributed by atoms with E-state index in [1.54, 1.807) is 45.1 Å². The monoisotopic (exact) mass is 467 g/mol. The molecule has 0 saturated heterocycles. The van der Waals surface area contributed by atoms with Crippen molar-refractivity contribution in [2.24, 2.45) is 16.1 Å². The summed E-state index contributed by atoms with van der Waals surface area (Å²) in [5.41, 5.74) is 1.43. The Bertz CT molecular complexity index is 1030. The van der Waals surface area contributed by atoms with Gasteiger partial charge in [-0.2, -0.15) is 10.2 Å². The fourth-order valence-electron chi connectivity index (χ4n) is 2.88. The number of rotatable bonds is 10. The summed E-state index contributed by atoms with van der Waals surface area (Å²) >= 11 is 0. The quantitative estimate of drug-likeness (QED) is 0.390. The van der Waals surface area contributed by atoms with E-state index in [4.69, 9.17) is 4.74 Å². The zero-order valence-electron chi connectivity index (χ0n) is 19.3. The Morgan fingerprint density at radius 2 is 1.53 bits per heavy atom. The van der Waals surface area contributed by atoms with E-state index in [9.17, 15) is 24.6 Å². The van der Waals surface area contributed by atoms with Gasteiger partial charge in [-0.25, -0.2) is 9.59 Å². The van der Waals surface area contributed by atoms with E-state index in [-0.39, 0.29) is 12.8 Å². The molecule has 9 nitrogen and oxygen atoms in total. The number of allylic oxidation sites excluding steroid dienone is 1. The van der Waals surface area contributed by atoms with Crippen LogP contribution in [0.4, 0.5) is 16.2 Å². The van der Waals surface area contributed by atoms with Crippen LogP contribution in [0, 0.1) is 5.92 Å². The number of hydrogen-bond acceptors (Lipinski definition) is 6. The number of ether oxygens (including phenoxy) is 1. The SMILES string of the molecule is CC(C)(C)OC(=O)N[C@@H](CC(CC=Cc1ccc(N=Nc2ccccc2)cc1)C(=O)O)C(=O)O. The van der Waals surface area contributed by atoms with E-state index in [2.05, 4.69) is 15.5 Å². The van der Waals surface area contributed by atoms with Crippen LogP contribution in [-0.4, -0.2) is 39.9 Å². The molecule has 0 aliphatic heterocycles. The highest BCUT2D eigenvalue weighted by Crippen LogP contribution is 2.20.